The number of aromatic carboxylic acids is 1. The van der Waals surface area contributed by atoms with Gasteiger partial charge in [0.15, 0.2) is 5.69 Å². The van der Waals surface area contributed by atoms with Gasteiger partial charge in [-0.25, -0.2) is 18.6 Å². The monoisotopic (exact) mass is 233 g/mol. The van der Waals surface area contributed by atoms with Gasteiger partial charge < -0.3 is 10.8 Å². The largest absolute Gasteiger partial charge is 0.476 e. The fourth-order valence-electron chi connectivity index (χ4n) is 1.07. The van der Waals surface area contributed by atoms with Crippen molar-refractivity contribution in [3.8, 4) is 0 Å². The van der Waals surface area contributed by atoms with Crippen LogP contribution in [0.4, 0.5) is 20.2 Å². The van der Waals surface area contributed by atoms with Gasteiger partial charge in [-0.3, -0.25) is 10.1 Å². The molecule has 0 radical (unpaired) electrons. The molecule has 86 valence electrons. The summed E-state index contributed by atoms with van der Waals surface area (Å²) < 4.78 is 25.0. The molecule has 1 aromatic rings. The Labute approximate surface area is 86.7 Å². The number of pyridine rings is 1. The highest BCUT2D eigenvalue weighted by molar-refractivity contribution is 5.90. The number of nitrogens with zero attached hydrogens (tertiary/aromatic N) is 2. The molecule has 16 heavy (non-hydrogen) atoms. The summed E-state index contributed by atoms with van der Waals surface area (Å²) >= 11 is 0. The van der Waals surface area contributed by atoms with E-state index >= 15 is 0 Å². The van der Waals surface area contributed by atoms with Crippen molar-refractivity contribution in [2.24, 2.45) is 0 Å². The van der Waals surface area contributed by atoms with E-state index in [-0.39, 0.29) is 0 Å². The van der Waals surface area contributed by atoms with Crippen molar-refractivity contribution in [2.75, 3.05) is 5.73 Å². The highest BCUT2D eigenvalue weighted by atomic mass is 19.3. The summed E-state index contributed by atoms with van der Waals surface area (Å²) in [4.78, 5) is 23.0. The standard InChI is InChI=1S/C7H5F2N3O4/c8-6(9)3-4(10)2(12(15)16)1-11-5(3)7(13)14/h1,6H,(H2,10,11)(H,13,14). The first-order chi connectivity index (χ1) is 7.36. The quantitative estimate of drug-likeness (QED) is 0.598. The van der Waals surface area contributed by atoms with Crippen LogP contribution >= 0.6 is 0 Å². The van der Waals surface area contributed by atoms with E-state index < -0.39 is 40.0 Å². The summed E-state index contributed by atoms with van der Waals surface area (Å²) in [5.74, 6) is -1.73. The Morgan fingerprint density at radius 1 is 1.62 bits per heavy atom. The average Bonchev–Trinajstić information content (AvgIpc) is 2.15. The van der Waals surface area contributed by atoms with Crippen LogP contribution in [0.3, 0.4) is 0 Å². The minimum atomic E-state index is -3.25. The summed E-state index contributed by atoms with van der Waals surface area (Å²) in [5, 5.41) is 18.9. The third kappa shape index (κ3) is 1.87. The van der Waals surface area contributed by atoms with E-state index in [4.69, 9.17) is 10.8 Å². The van der Waals surface area contributed by atoms with Gasteiger partial charge in [-0.15, -0.1) is 0 Å². The molecular weight excluding hydrogens is 228 g/mol. The van der Waals surface area contributed by atoms with Crippen LogP contribution in [0.1, 0.15) is 22.5 Å². The Balaban J connectivity index is 3.54. The van der Waals surface area contributed by atoms with Crippen molar-refractivity contribution < 1.29 is 23.6 Å². The molecule has 0 amide bonds. The maximum absolute atomic E-state index is 12.5. The number of halogens is 2. The van der Waals surface area contributed by atoms with Crippen molar-refractivity contribution >= 4 is 17.3 Å². The Bertz CT molecular complexity index is 463. The number of carboxylic acid groups (broad SMARTS) is 1. The number of anilines is 1. The van der Waals surface area contributed by atoms with Gasteiger partial charge in [-0.05, 0) is 0 Å². The number of hydrogen-bond acceptors (Lipinski definition) is 5. The second-order valence-corrected chi connectivity index (χ2v) is 2.68. The lowest BCUT2D eigenvalue weighted by molar-refractivity contribution is -0.384. The van der Waals surface area contributed by atoms with Crippen LogP contribution in [-0.4, -0.2) is 21.0 Å². The predicted molar refractivity (Wildman–Crippen MR) is 47.2 cm³/mol. The van der Waals surface area contributed by atoms with Crippen LogP contribution < -0.4 is 5.73 Å². The fourth-order valence-corrected chi connectivity index (χ4v) is 1.07. The zero-order valence-corrected chi connectivity index (χ0v) is 7.55. The van der Waals surface area contributed by atoms with E-state index in [9.17, 15) is 23.7 Å². The third-order valence-corrected chi connectivity index (χ3v) is 1.75. The van der Waals surface area contributed by atoms with Gasteiger partial charge in [0, 0.05) is 0 Å². The lowest BCUT2D eigenvalue weighted by Crippen LogP contribution is -2.11. The molecule has 0 aliphatic heterocycles. The first-order valence-electron chi connectivity index (χ1n) is 3.80. The molecule has 0 aromatic carbocycles. The SMILES string of the molecule is Nc1c([N+](=O)[O-])cnc(C(=O)O)c1C(F)F. The topological polar surface area (TPSA) is 119 Å². The maximum atomic E-state index is 12.5. The summed E-state index contributed by atoms with van der Waals surface area (Å²) in [5.41, 5.74) is 1.24. The molecular formula is C7H5F2N3O4. The van der Waals surface area contributed by atoms with Crippen LogP contribution in [0, 0.1) is 10.1 Å². The molecule has 1 rings (SSSR count). The van der Waals surface area contributed by atoms with E-state index in [1.54, 1.807) is 0 Å². The number of hydrogen-bond donors (Lipinski definition) is 2. The number of carboxylic acids is 1. The second-order valence-electron chi connectivity index (χ2n) is 2.68. The minimum absolute atomic E-state index is 0.532. The van der Waals surface area contributed by atoms with Crippen molar-refractivity contribution in [2.45, 2.75) is 6.43 Å². The first kappa shape index (κ1) is 11.8. The van der Waals surface area contributed by atoms with Gasteiger partial charge >= 0.3 is 11.7 Å². The van der Waals surface area contributed by atoms with Crippen LogP contribution in [0.2, 0.25) is 0 Å². The molecule has 0 saturated heterocycles. The number of rotatable bonds is 3. The molecule has 1 aromatic heterocycles. The molecule has 1 heterocycles. The maximum Gasteiger partial charge on any atom is 0.355 e. The Morgan fingerprint density at radius 3 is 2.56 bits per heavy atom. The zero-order chi connectivity index (χ0) is 12.5. The van der Waals surface area contributed by atoms with Gasteiger partial charge in [0.05, 0.1) is 10.5 Å². The van der Waals surface area contributed by atoms with Crippen LogP contribution in [0.25, 0.3) is 0 Å². The van der Waals surface area contributed by atoms with Crippen molar-refractivity contribution in [1.82, 2.24) is 4.98 Å². The molecule has 0 saturated carbocycles. The molecule has 0 aliphatic rings. The number of nitrogens with two attached hydrogens (primary N) is 1. The molecule has 0 spiro atoms. The molecule has 0 fully saturated rings. The average molecular weight is 233 g/mol. The number of nitrogen functional groups attached to an aromatic ring is 1. The second kappa shape index (κ2) is 4.04. The molecule has 0 atom stereocenters. The van der Waals surface area contributed by atoms with Crippen LogP contribution in [-0.2, 0) is 0 Å². The van der Waals surface area contributed by atoms with E-state index in [1.807, 2.05) is 0 Å². The number of aromatic nitrogens is 1. The van der Waals surface area contributed by atoms with Gasteiger partial charge in [0.1, 0.15) is 11.9 Å². The summed E-state index contributed by atoms with van der Waals surface area (Å²) in [6, 6.07) is 0. The normalized spacial score (nSPS) is 10.4. The smallest absolute Gasteiger partial charge is 0.355 e. The lowest BCUT2D eigenvalue weighted by Gasteiger charge is -2.07. The van der Waals surface area contributed by atoms with Crippen LogP contribution in [0.5, 0.6) is 0 Å². The summed E-state index contributed by atoms with van der Waals surface area (Å²) in [6.07, 6.45) is -2.72. The molecule has 9 heteroatoms. The zero-order valence-electron chi connectivity index (χ0n) is 7.55. The fraction of sp³-hybridized carbons (Fsp3) is 0.143. The summed E-state index contributed by atoms with van der Waals surface area (Å²) in [7, 11) is 0. The molecule has 7 nitrogen and oxygen atoms in total. The van der Waals surface area contributed by atoms with Crippen LogP contribution in [0.15, 0.2) is 6.20 Å². The van der Waals surface area contributed by atoms with Gasteiger partial charge in [-0.1, -0.05) is 0 Å². The summed E-state index contributed by atoms with van der Waals surface area (Å²) in [6.45, 7) is 0. The van der Waals surface area contributed by atoms with Gasteiger partial charge in [0.2, 0.25) is 0 Å². The van der Waals surface area contributed by atoms with Crippen molar-refractivity contribution in [3.05, 3.63) is 27.6 Å². The highest BCUT2D eigenvalue weighted by Gasteiger charge is 2.28. The van der Waals surface area contributed by atoms with Gasteiger partial charge in [-0.2, -0.15) is 0 Å². The Kier molecular flexibility index (Phi) is 2.97. The molecule has 0 bridgehead atoms. The first-order valence-corrected chi connectivity index (χ1v) is 3.80. The number of alkyl halides is 2. The van der Waals surface area contributed by atoms with Crippen molar-refractivity contribution in [1.29, 1.82) is 0 Å². The molecule has 3 N–H and O–H groups in total. The van der Waals surface area contributed by atoms with E-state index in [1.165, 1.54) is 0 Å². The molecule has 0 unspecified atom stereocenters. The predicted octanol–water partition coefficient (Wildman–Crippen LogP) is 1.21. The lowest BCUT2D eigenvalue weighted by atomic mass is 10.1. The van der Waals surface area contributed by atoms with Crippen molar-refractivity contribution in [3.63, 3.8) is 0 Å². The minimum Gasteiger partial charge on any atom is -0.476 e. The van der Waals surface area contributed by atoms with E-state index in [0.717, 1.165) is 0 Å². The van der Waals surface area contributed by atoms with Gasteiger partial charge in [0.25, 0.3) is 6.43 Å². The highest BCUT2D eigenvalue weighted by Crippen LogP contribution is 2.33. The Hall–Kier alpha value is -2.32. The Morgan fingerprint density at radius 2 is 2.19 bits per heavy atom. The number of carbonyl (C=O) groups is 1. The third-order valence-electron chi connectivity index (χ3n) is 1.75. The molecule has 0 aliphatic carbocycles. The van der Waals surface area contributed by atoms with E-state index in [0.29, 0.717) is 6.20 Å². The number of nitro groups is 1. The van der Waals surface area contributed by atoms with E-state index in [2.05, 4.69) is 4.98 Å².